The Bertz CT molecular complexity index is 1770. The summed E-state index contributed by atoms with van der Waals surface area (Å²) in [5.41, 5.74) is 6.73. The summed E-state index contributed by atoms with van der Waals surface area (Å²) in [4.78, 5) is 14.3. The molecule has 1 unspecified atom stereocenters. The van der Waals surface area contributed by atoms with Crippen molar-refractivity contribution in [1.29, 1.82) is 0 Å². The fourth-order valence-electron chi connectivity index (χ4n) is 6.62. The van der Waals surface area contributed by atoms with Crippen LogP contribution < -0.4 is 25.6 Å². The molecule has 6 rings (SSSR count). The van der Waals surface area contributed by atoms with Crippen LogP contribution >= 0.6 is 18.7 Å². The lowest BCUT2D eigenvalue weighted by molar-refractivity contribution is 0.133. The van der Waals surface area contributed by atoms with Crippen LogP contribution in [0.2, 0.25) is 5.02 Å². The van der Waals surface area contributed by atoms with E-state index in [4.69, 9.17) is 21.3 Å². The van der Waals surface area contributed by atoms with Crippen LogP contribution in [0.5, 0.6) is 5.75 Å². The van der Waals surface area contributed by atoms with Crippen LogP contribution in [0, 0.1) is 13.8 Å². The Balaban J connectivity index is 1.35. The molecule has 2 N–H and O–H groups in total. The summed E-state index contributed by atoms with van der Waals surface area (Å²) >= 11 is 6.58. The van der Waals surface area contributed by atoms with Gasteiger partial charge in [0.1, 0.15) is 17.9 Å². The predicted octanol–water partition coefficient (Wildman–Crippen LogP) is 6.57. The zero-order chi connectivity index (χ0) is 31.9. The molecule has 0 bridgehead atoms. The van der Waals surface area contributed by atoms with Crippen molar-refractivity contribution in [2.24, 2.45) is 7.05 Å². The molecule has 0 saturated carbocycles. The van der Waals surface area contributed by atoms with Crippen LogP contribution in [-0.4, -0.2) is 77.3 Å². The van der Waals surface area contributed by atoms with E-state index >= 15 is 0 Å². The van der Waals surface area contributed by atoms with E-state index in [1.807, 2.05) is 50.1 Å². The van der Waals surface area contributed by atoms with Gasteiger partial charge in [0, 0.05) is 67.1 Å². The van der Waals surface area contributed by atoms with Gasteiger partial charge in [-0.2, -0.15) is 10.1 Å². The van der Waals surface area contributed by atoms with Crippen LogP contribution in [0.4, 0.5) is 28.8 Å². The molecular formula is C33H42ClN8O2P. The molecule has 2 saturated heterocycles. The molecule has 0 radical (unpaired) electrons. The second-order valence-corrected chi connectivity index (χ2v) is 16.1. The molecule has 4 heterocycles. The van der Waals surface area contributed by atoms with Gasteiger partial charge in [-0.25, -0.2) is 4.98 Å². The number of aromatic nitrogens is 4. The molecule has 4 aromatic rings. The van der Waals surface area contributed by atoms with E-state index in [0.29, 0.717) is 28.6 Å². The number of rotatable bonds is 8. The SMILES string of the molecule is COc1cc(N2CCN3CCCCC3C2)c(-c2cnn(C)c2)cc1Nc1ncc(Cl)c(Nc2ccc(C)c(C)c2P(C)(C)=O)n1. The summed E-state index contributed by atoms with van der Waals surface area (Å²) in [6, 6.07) is 8.71. The average Bonchev–Trinajstić information content (AvgIpc) is 3.45. The van der Waals surface area contributed by atoms with E-state index < -0.39 is 7.14 Å². The maximum Gasteiger partial charge on any atom is 0.229 e. The van der Waals surface area contributed by atoms with Crippen LogP contribution in [0.25, 0.3) is 11.1 Å². The van der Waals surface area contributed by atoms with Gasteiger partial charge in [0.25, 0.3) is 0 Å². The van der Waals surface area contributed by atoms with Gasteiger partial charge in [-0.15, -0.1) is 0 Å². The smallest absolute Gasteiger partial charge is 0.229 e. The van der Waals surface area contributed by atoms with Crippen LogP contribution in [0.1, 0.15) is 30.4 Å². The van der Waals surface area contributed by atoms with Crippen LogP contribution in [0.15, 0.2) is 42.9 Å². The van der Waals surface area contributed by atoms with Crippen molar-refractivity contribution >= 4 is 52.9 Å². The second-order valence-electron chi connectivity index (χ2n) is 12.5. The van der Waals surface area contributed by atoms with Gasteiger partial charge in [-0.3, -0.25) is 9.58 Å². The summed E-state index contributed by atoms with van der Waals surface area (Å²) in [5, 5.41) is 12.3. The number of ether oxygens (including phenoxy) is 1. The minimum absolute atomic E-state index is 0.350. The standard InChI is InChI=1S/C33H42ClN8O2P/c1-21-10-11-27(31(22(21)2)45(5,6)43)37-32-26(34)18-35-33(39-32)38-28-15-25(23-17-36-40(3)19-23)29(16-30(28)44-4)42-14-13-41-12-8-7-9-24(41)20-42/h10-11,15-19,24H,7-9,12-14,20H2,1-6H3,(H2,35,37,38,39). The lowest BCUT2D eigenvalue weighted by Gasteiger charge is -2.45. The highest BCUT2D eigenvalue weighted by Crippen LogP contribution is 2.43. The molecule has 10 nitrogen and oxygen atoms in total. The molecule has 2 fully saturated rings. The third kappa shape index (κ3) is 6.55. The maximum absolute atomic E-state index is 13.3. The third-order valence-corrected chi connectivity index (χ3v) is 10.9. The first-order chi connectivity index (χ1) is 21.5. The Hall–Kier alpha value is -3.59. The monoisotopic (exact) mass is 648 g/mol. The molecule has 0 spiro atoms. The van der Waals surface area contributed by atoms with Gasteiger partial charge < -0.3 is 24.8 Å². The number of anilines is 5. The lowest BCUT2D eigenvalue weighted by Crippen LogP contribution is -2.55. The topological polar surface area (TPSA) is 100 Å². The molecule has 238 valence electrons. The molecular weight excluding hydrogens is 607 g/mol. The molecule has 0 amide bonds. The quantitative estimate of drug-likeness (QED) is 0.206. The van der Waals surface area contributed by atoms with E-state index in [1.165, 1.54) is 25.8 Å². The highest BCUT2D eigenvalue weighted by Gasteiger charge is 2.31. The highest BCUT2D eigenvalue weighted by molar-refractivity contribution is 7.70. The highest BCUT2D eigenvalue weighted by atomic mass is 35.5. The summed E-state index contributed by atoms with van der Waals surface area (Å²) in [7, 11) is 1.01. The van der Waals surface area contributed by atoms with E-state index in [2.05, 4.69) is 42.6 Å². The number of halogens is 1. The molecule has 0 aliphatic carbocycles. The number of benzene rings is 2. The Labute approximate surface area is 270 Å². The normalized spacial score (nSPS) is 17.2. The third-order valence-electron chi connectivity index (χ3n) is 9.00. The van der Waals surface area contributed by atoms with Crippen molar-refractivity contribution in [2.45, 2.75) is 39.2 Å². The number of nitrogens with zero attached hydrogens (tertiary/aromatic N) is 6. The molecule has 45 heavy (non-hydrogen) atoms. The Morgan fingerprint density at radius 3 is 2.60 bits per heavy atom. The molecule has 2 aliphatic heterocycles. The number of nitrogens with one attached hydrogen (secondary N) is 2. The number of fused-ring (bicyclic) bond motifs is 1. The maximum atomic E-state index is 13.3. The van der Waals surface area contributed by atoms with Crippen LogP contribution in [-0.2, 0) is 11.6 Å². The fraction of sp³-hybridized carbons (Fsp3) is 0.424. The van der Waals surface area contributed by atoms with Gasteiger partial charge >= 0.3 is 0 Å². The number of methoxy groups -OCH3 is 1. The summed E-state index contributed by atoms with van der Waals surface area (Å²) in [6.45, 7) is 11.8. The van der Waals surface area contributed by atoms with Gasteiger partial charge in [0.15, 0.2) is 5.82 Å². The summed E-state index contributed by atoms with van der Waals surface area (Å²) in [5.74, 6) is 1.45. The molecule has 12 heteroatoms. The van der Waals surface area contributed by atoms with E-state index in [9.17, 15) is 4.57 Å². The number of hydrogen-bond acceptors (Lipinski definition) is 9. The van der Waals surface area contributed by atoms with Gasteiger partial charge in [-0.05, 0) is 69.8 Å². The summed E-state index contributed by atoms with van der Waals surface area (Å²) in [6.07, 6.45) is 9.30. The summed E-state index contributed by atoms with van der Waals surface area (Å²) < 4.78 is 21.0. The Morgan fingerprint density at radius 2 is 1.87 bits per heavy atom. The number of piperidine rings is 1. The average molecular weight is 649 g/mol. The molecule has 2 aromatic heterocycles. The first kappa shape index (κ1) is 31.4. The number of aryl methyl sites for hydroxylation is 2. The zero-order valence-electron chi connectivity index (χ0n) is 26.9. The zero-order valence-corrected chi connectivity index (χ0v) is 28.5. The van der Waals surface area contributed by atoms with Crippen molar-refractivity contribution in [3.8, 4) is 16.9 Å². The lowest BCUT2D eigenvalue weighted by atomic mass is 9.97. The molecule has 2 aromatic carbocycles. The van der Waals surface area contributed by atoms with Gasteiger partial charge in [-0.1, -0.05) is 24.1 Å². The Kier molecular flexibility index (Phi) is 8.83. The van der Waals surface area contributed by atoms with Crippen molar-refractivity contribution in [3.63, 3.8) is 0 Å². The molecule has 2 aliphatic rings. The van der Waals surface area contributed by atoms with Crippen molar-refractivity contribution < 1.29 is 9.30 Å². The van der Waals surface area contributed by atoms with E-state index in [1.54, 1.807) is 26.6 Å². The first-order valence-electron chi connectivity index (χ1n) is 15.4. The Morgan fingerprint density at radius 1 is 1.04 bits per heavy atom. The number of piperazine rings is 1. The van der Waals surface area contributed by atoms with Gasteiger partial charge in [0.05, 0.1) is 30.9 Å². The largest absolute Gasteiger partial charge is 0.494 e. The first-order valence-corrected chi connectivity index (χ1v) is 18.4. The van der Waals surface area contributed by atoms with E-state index in [0.717, 1.165) is 64.3 Å². The van der Waals surface area contributed by atoms with Crippen molar-refractivity contribution in [1.82, 2.24) is 24.6 Å². The minimum Gasteiger partial charge on any atom is -0.494 e. The molecule has 1 atom stereocenters. The van der Waals surface area contributed by atoms with Crippen LogP contribution in [0.3, 0.4) is 0 Å². The van der Waals surface area contributed by atoms with E-state index in [-0.39, 0.29) is 0 Å². The van der Waals surface area contributed by atoms with Crippen molar-refractivity contribution in [3.05, 3.63) is 59.0 Å². The minimum atomic E-state index is -2.60. The van der Waals surface area contributed by atoms with Gasteiger partial charge in [0.2, 0.25) is 5.95 Å². The number of hydrogen-bond donors (Lipinski definition) is 2. The fourth-order valence-corrected chi connectivity index (χ4v) is 8.46. The van der Waals surface area contributed by atoms with Crippen molar-refractivity contribution in [2.75, 3.05) is 62.2 Å². The second kappa shape index (κ2) is 12.7. The predicted molar refractivity (Wildman–Crippen MR) is 185 cm³/mol.